The summed E-state index contributed by atoms with van der Waals surface area (Å²) in [6.45, 7) is 8.09. The second-order valence-electron chi connectivity index (χ2n) is 9.42. The first-order valence-corrected chi connectivity index (χ1v) is 13.0. The Kier molecular flexibility index (Phi) is 3.90. The molecule has 3 heterocycles. The molecule has 3 aromatic heterocycles. The predicted molar refractivity (Wildman–Crippen MR) is 160 cm³/mol. The minimum Gasteiger partial charge on any atom is -0.308 e. The van der Waals surface area contributed by atoms with Crippen molar-refractivity contribution < 1.29 is 0 Å². The van der Waals surface area contributed by atoms with E-state index < -0.39 is 0 Å². The number of benzene rings is 5. The molecule has 0 bridgehead atoms. The van der Waals surface area contributed by atoms with Gasteiger partial charge < -0.3 is 4.40 Å². The summed E-state index contributed by atoms with van der Waals surface area (Å²) in [5, 5.41) is 9.03. The van der Waals surface area contributed by atoms with Gasteiger partial charge in [0.2, 0.25) is 0 Å². The van der Waals surface area contributed by atoms with E-state index in [9.17, 15) is 0 Å². The summed E-state index contributed by atoms with van der Waals surface area (Å²) in [4.78, 5) is 1.18. The number of para-hydroxylation sites is 2. The summed E-state index contributed by atoms with van der Waals surface area (Å²) in [6.07, 6.45) is 3.90. The number of rotatable bonds is 3. The Labute approximate surface area is 212 Å². The van der Waals surface area contributed by atoms with Gasteiger partial charge in [-0.25, -0.2) is 0 Å². The molecular weight excluding hydrogens is 454 g/mol. The molecule has 0 spiro atoms. The summed E-state index contributed by atoms with van der Waals surface area (Å²) in [5.74, 6) is 0. The lowest BCUT2D eigenvalue weighted by Crippen LogP contribution is -1.84. The topological polar surface area (TPSA) is 4.41 Å². The molecule has 1 nitrogen and oxygen atoms in total. The molecule has 5 aromatic carbocycles. The maximum absolute atomic E-state index is 4.06. The van der Waals surface area contributed by atoms with Crippen LogP contribution in [0.2, 0.25) is 0 Å². The van der Waals surface area contributed by atoms with Crippen LogP contribution in [0.4, 0.5) is 0 Å². The van der Waals surface area contributed by atoms with Crippen molar-refractivity contribution in [2.24, 2.45) is 0 Å². The predicted octanol–water partition coefficient (Wildman–Crippen LogP) is 10.2. The number of nitrogens with zero attached hydrogens (tertiary/aromatic N) is 1. The lowest BCUT2D eigenvalue weighted by Gasteiger charge is -2.10. The van der Waals surface area contributed by atoms with Crippen LogP contribution < -0.4 is 0 Å². The normalized spacial score (nSPS) is 12.1. The van der Waals surface area contributed by atoms with E-state index in [0.29, 0.717) is 0 Å². The molecule has 168 valence electrons. The highest BCUT2D eigenvalue weighted by molar-refractivity contribution is 7.20. The highest BCUT2D eigenvalue weighted by Gasteiger charge is 2.21. The summed E-state index contributed by atoms with van der Waals surface area (Å²) < 4.78 is 3.72. The molecule has 0 aliphatic carbocycles. The molecule has 0 aliphatic rings. The number of fused-ring (bicyclic) bond motifs is 8. The maximum Gasteiger partial charge on any atom is 0.0626 e. The Bertz CT molecular complexity index is 2190. The summed E-state index contributed by atoms with van der Waals surface area (Å²) in [6, 6.07) is 33.6. The van der Waals surface area contributed by atoms with Gasteiger partial charge in [0.1, 0.15) is 0 Å². The SMILES string of the molecule is C=Cc1sc2cc3c(-c4ccc5c6ccccc6n6c7ccccc7c4c56)cccc3cc2c1C=C. The third-order valence-corrected chi connectivity index (χ3v) is 8.85. The van der Waals surface area contributed by atoms with Crippen LogP contribution in [0.3, 0.4) is 0 Å². The molecule has 0 amide bonds. The van der Waals surface area contributed by atoms with Gasteiger partial charge in [0.05, 0.1) is 16.6 Å². The van der Waals surface area contributed by atoms with Crippen molar-refractivity contribution in [1.82, 2.24) is 4.40 Å². The largest absolute Gasteiger partial charge is 0.308 e. The molecule has 0 fully saturated rings. The van der Waals surface area contributed by atoms with Crippen molar-refractivity contribution in [2.45, 2.75) is 0 Å². The van der Waals surface area contributed by atoms with Gasteiger partial charge in [-0.1, -0.05) is 92.0 Å². The van der Waals surface area contributed by atoms with Gasteiger partial charge in [-0.3, -0.25) is 0 Å². The monoisotopic (exact) mass is 475 g/mol. The third kappa shape index (κ3) is 2.39. The van der Waals surface area contributed by atoms with E-state index in [2.05, 4.69) is 109 Å². The molecule has 0 N–H and O–H groups in total. The van der Waals surface area contributed by atoms with Gasteiger partial charge in [-0.05, 0) is 51.7 Å². The summed E-state index contributed by atoms with van der Waals surface area (Å²) in [5.41, 5.74) is 7.57. The van der Waals surface area contributed by atoms with Crippen molar-refractivity contribution >= 4 is 82.4 Å². The van der Waals surface area contributed by atoms with Crippen LogP contribution in [0, 0.1) is 0 Å². The van der Waals surface area contributed by atoms with E-state index in [4.69, 9.17) is 0 Å². The van der Waals surface area contributed by atoms with Crippen LogP contribution >= 0.6 is 11.3 Å². The van der Waals surface area contributed by atoms with Crippen LogP contribution in [0.5, 0.6) is 0 Å². The van der Waals surface area contributed by atoms with E-state index in [1.807, 2.05) is 12.2 Å². The zero-order valence-corrected chi connectivity index (χ0v) is 20.4. The first kappa shape index (κ1) is 19.9. The fourth-order valence-corrected chi connectivity index (χ4v) is 7.27. The molecule has 0 saturated carbocycles. The van der Waals surface area contributed by atoms with Gasteiger partial charge in [-0.2, -0.15) is 0 Å². The molecule has 0 atom stereocenters. The smallest absolute Gasteiger partial charge is 0.0626 e. The third-order valence-electron chi connectivity index (χ3n) is 7.69. The van der Waals surface area contributed by atoms with Crippen molar-refractivity contribution in [2.75, 3.05) is 0 Å². The fourth-order valence-electron chi connectivity index (χ4n) is 6.19. The lowest BCUT2D eigenvalue weighted by molar-refractivity contribution is 1.37. The minimum atomic E-state index is 1.18. The molecular formula is C34H21NS. The Morgan fingerprint density at radius 3 is 2.19 bits per heavy atom. The number of hydrogen-bond donors (Lipinski definition) is 0. The molecule has 0 radical (unpaired) electrons. The highest BCUT2D eigenvalue weighted by atomic mass is 32.1. The Morgan fingerprint density at radius 1 is 0.611 bits per heavy atom. The number of thiophene rings is 1. The van der Waals surface area contributed by atoms with E-state index >= 15 is 0 Å². The standard InChI is InChI=1S/C34H21NS/c1-3-21-28-18-20-10-9-13-22(27(20)19-32(28)36-31(21)4-2)24-16-17-25-23-11-5-7-14-29(23)35-30-15-8-6-12-26(30)33(24)34(25)35/h3-19H,1-2H2. The Hall–Kier alpha value is -4.40. The van der Waals surface area contributed by atoms with Crippen LogP contribution in [0.25, 0.3) is 82.2 Å². The average molecular weight is 476 g/mol. The second kappa shape index (κ2) is 7.07. The molecule has 0 saturated heterocycles. The van der Waals surface area contributed by atoms with Crippen LogP contribution in [-0.2, 0) is 0 Å². The minimum absolute atomic E-state index is 1.18. The first-order valence-electron chi connectivity index (χ1n) is 12.2. The Morgan fingerprint density at radius 2 is 1.39 bits per heavy atom. The molecule has 36 heavy (non-hydrogen) atoms. The Balaban J connectivity index is 1.55. The first-order chi connectivity index (χ1) is 17.8. The van der Waals surface area contributed by atoms with Crippen LogP contribution in [0.15, 0.2) is 104 Å². The van der Waals surface area contributed by atoms with E-state index in [-0.39, 0.29) is 0 Å². The van der Waals surface area contributed by atoms with E-state index in [1.54, 1.807) is 11.3 Å². The van der Waals surface area contributed by atoms with Crippen molar-refractivity contribution in [3.63, 3.8) is 0 Å². The zero-order chi connectivity index (χ0) is 24.0. The van der Waals surface area contributed by atoms with Crippen LogP contribution in [-0.4, -0.2) is 4.40 Å². The molecule has 0 unspecified atom stereocenters. The van der Waals surface area contributed by atoms with Crippen molar-refractivity contribution in [1.29, 1.82) is 0 Å². The summed E-state index contributed by atoms with van der Waals surface area (Å²) in [7, 11) is 0. The van der Waals surface area contributed by atoms with Crippen molar-refractivity contribution in [3.8, 4) is 11.1 Å². The highest BCUT2D eigenvalue weighted by Crippen LogP contribution is 2.45. The number of hydrogen-bond acceptors (Lipinski definition) is 1. The average Bonchev–Trinajstić information content (AvgIpc) is 3.57. The quantitative estimate of drug-likeness (QED) is 0.239. The van der Waals surface area contributed by atoms with Crippen LogP contribution in [0.1, 0.15) is 10.4 Å². The molecule has 8 rings (SSSR count). The lowest BCUT2D eigenvalue weighted by atomic mass is 9.93. The van der Waals surface area contributed by atoms with Gasteiger partial charge in [0.15, 0.2) is 0 Å². The van der Waals surface area contributed by atoms with Gasteiger partial charge >= 0.3 is 0 Å². The number of aromatic nitrogens is 1. The molecule has 8 aromatic rings. The van der Waals surface area contributed by atoms with Gasteiger partial charge in [0, 0.05) is 36.5 Å². The van der Waals surface area contributed by atoms with E-state index in [0.717, 1.165) is 0 Å². The van der Waals surface area contributed by atoms with Gasteiger partial charge in [-0.15, -0.1) is 11.3 Å². The fraction of sp³-hybridized carbons (Fsp3) is 0. The molecule has 0 aliphatic heterocycles. The molecule has 2 heteroatoms. The second-order valence-corrected chi connectivity index (χ2v) is 10.5. The zero-order valence-electron chi connectivity index (χ0n) is 19.6. The van der Waals surface area contributed by atoms with E-state index in [1.165, 1.54) is 80.5 Å². The maximum atomic E-state index is 4.06. The van der Waals surface area contributed by atoms with Gasteiger partial charge in [0.25, 0.3) is 0 Å². The summed E-state index contributed by atoms with van der Waals surface area (Å²) >= 11 is 1.79. The van der Waals surface area contributed by atoms with Crippen molar-refractivity contribution in [3.05, 3.63) is 115 Å².